The Morgan fingerprint density at radius 2 is 1.74 bits per heavy atom. The van der Waals surface area contributed by atoms with Crippen LogP contribution in [0.15, 0.2) is 43.0 Å². The Balaban J connectivity index is 1.25. The summed E-state index contributed by atoms with van der Waals surface area (Å²) in [5, 5.41) is 3.46. The zero-order chi connectivity index (χ0) is 15.5. The maximum absolute atomic E-state index is 4.26. The van der Waals surface area contributed by atoms with E-state index < -0.39 is 0 Å². The lowest BCUT2D eigenvalue weighted by atomic mass is 9.60. The van der Waals surface area contributed by atoms with E-state index in [2.05, 4.69) is 37.3 Å². The van der Waals surface area contributed by atoms with Gasteiger partial charge >= 0.3 is 0 Å². The predicted molar refractivity (Wildman–Crippen MR) is 89.9 cm³/mol. The number of pyridine rings is 1. The molecule has 1 saturated heterocycles. The van der Waals surface area contributed by atoms with E-state index in [1.54, 1.807) is 12.4 Å². The summed E-state index contributed by atoms with van der Waals surface area (Å²) in [5.74, 6) is 0.766. The number of likely N-dealkylation sites (tertiary alicyclic amines) is 1. The van der Waals surface area contributed by atoms with Gasteiger partial charge in [-0.2, -0.15) is 0 Å². The topological polar surface area (TPSA) is 53.9 Å². The van der Waals surface area contributed by atoms with Gasteiger partial charge in [0.15, 0.2) is 0 Å². The highest BCUT2D eigenvalue weighted by molar-refractivity contribution is 5.27. The van der Waals surface area contributed by atoms with Crippen molar-refractivity contribution in [3.05, 3.63) is 48.5 Å². The monoisotopic (exact) mass is 309 g/mol. The molecule has 3 heterocycles. The average molecular weight is 309 g/mol. The summed E-state index contributed by atoms with van der Waals surface area (Å²) >= 11 is 0. The summed E-state index contributed by atoms with van der Waals surface area (Å²) in [7, 11) is 0. The van der Waals surface area contributed by atoms with Crippen molar-refractivity contribution >= 4 is 5.95 Å². The molecule has 0 radical (unpaired) electrons. The first-order chi connectivity index (χ1) is 11.3. The Morgan fingerprint density at radius 3 is 2.43 bits per heavy atom. The molecule has 0 atom stereocenters. The molecule has 120 valence electrons. The minimum atomic E-state index is 0.546. The first kappa shape index (κ1) is 14.6. The van der Waals surface area contributed by atoms with Gasteiger partial charge in [-0.1, -0.05) is 0 Å². The van der Waals surface area contributed by atoms with Crippen molar-refractivity contribution in [3.8, 4) is 0 Å². The normalized spacial score (nSPS) is 21.0. The molecule has 5 nitrogen and oxygen atoms in total. The van der Waals surface area contributed by atoms with E-state index in [0.717, 1.165) is 12.5 Å². The number of hydrogen-bond donors (Lipinski definition) is 1. The van der Waals surface area contributed by atoms with Gasteiger partial charge in [-0.25, -0.2) is 9.97 Å². The molecule has 2 aliphatic rings. The van der Waals surface area contributed by atoms with Crippen LogP contribution >= 0.6 is 0 Å². The number of rotatable bonds is 4. The molecule has 4 rings (SSSR count). The van der Waals surface area contributed by atoms with Crippen molar-refractivity contribution < 1.29 is 0 Å². The molecule has 1 aliphatic heterocycles. The fourth-order valence-electron chi connectivity index (χ4n) is 3.98. The van der Waals surface area contributed by atoms with Gasteiger partial charge in [0.1, 0.15) is 0 Å². The zero-order valence-electron chi connectivity index (χ0n) is 13.4. The van der Waals surface area contributed by atoms with Crippen LogP contribution in [0.2, 0.25) is 0 Å². The SMILES string of the molecule is c1cnc(NC2CC3(CCN(Cc4ccncc4)CC3)C2)nc1. The van der Waals surface area contributed by atoms with Gasteiger partial charge in [0.2, 0.25) is 5.95 Å². The molecule has 1 spiro atoms. The van der Waals surface area contributed by atoms with Crippen molar-refractivity contribution in [1.29, 1.82) is 0 Å². The lowest BCUT2D eigenvalue weighted by Crippen LogP contribution is -2.51. The molecule has 2 fully saturated rings. The summed E-state index contributed by atoms with van der Waals surface area (Å²) in [6.45, 7) is 3.46. The maximum atomic E-state index is 4.26. The Morgan fingerprint density at radius 1 is 1.04 bits per heavy atom. The minimum Gasteiger partial charge on any atom is -0.351 e. The molecular formula is C18H23N5. The Bertz CT molecular complexity index is 614. The Kier molecular flexibility index (Phi) is 3.95. The van der Waals surface area contributed by atoms with Gasteiger partial charge in [-0.3, -0.25) is 9.88 Å². The van der Waals surface area contributed by atoms with Gasteiger partial charge in [0.25, 0.3) is 0 Å². The summed E-state index contributed by atoms with van der Waals surface area (Å²) in [4.78, 5) is 15.2. The molecule has 1 N–H and O–H groups in total. The highest BCUT2D eigenvalue weighted by Gasteiger charge is 2.45. The molecule has 1 saturated carbocycles. The molecule has 0 unspecified atom stereocenters. The lowest BCUT2D eigenvalue weighted by molar-refractivity contribution is 0.0209. The van der Waals surface area contributed by atoms with Crippen LogP contribution in [-0.4, -0.2) is 39.0 Å². The second-order valence-electron chi connectivity index (χ2n) is 6.95. The van der Waals surface area contributed by atoms with E-state index in [1.807, 2.05) is 18.5 Å². The molecule has 2 aromatic heterocycles. The predicted octanol–water partition coefficient (Wildman–Crippen LogP) is 2.73. The number of hydrogen-bond acceptors (Lipinski definition) is 5. The van der Waals surface area contributed by atoms with Crippen LogP contribution in [0.4, 0.5) is 5.95 Å². The molecule has 0 amide bonds. The van der Waals surface area contributed by atoms with Crippen LogP contribution in [-0.2, 0) is 6.54 Å². The maximum Gasteiger partial charge on any atom is 0.222 e. The number of nitrogens with one attached hydrogen (secondary N) is 1. The van der Waals surface area contributed by atoms with Gasteiger partial charge in [0, 0.05) is 37.4 Å². The van der Waals surface area contributed by atoms with Crippen LogP contribution in [0.5, 0.6) is 0 Å². The lowest BCUT2D eigenvalue weighted by Gasteiger charge is -2.52. The summed E-state index contributed by atoms with van der Waals surface area (Å²) in [6.07, 6.45) is 12.5. The van der Waals surface area contributed by atoms with Gasteiger partial charge in [0.05, 0.1) is 0 Å². The van der Waals surface area contributed by atoms with Crippen LogP contribution in [0, 0.1) is 5.41 Å². The van der Waals surface area contributed by atoms with E-state index >= 15 is 0 Å². The third kappa shape index (κ3) is 3.34. The summed E-state index contributed by atoms with van der Waals surface area (Å²) < 4.78 is 0. The van der Waals surface area contributed by atoms with Crippen molar-refractivity contribution in [3.63, 3.8) is 0 Å². The van der Waals surface area contributed by atoms with Crippen molar-refractivity contribution in [2.75, 3.05) is 18.4 Å². The van der Waals surface area contributed by atoms with E-state index in [1.165, 1.54) is 44.3 Å². The van der Waals surface area contributed by atoms with Crippen LogP contribution < -0.4 is 5.32 Å². The fourth-order valence-corrected chi connectivity index (χ4v) is 3.98. The van der Waals surface area contributed by atoms with Crippen LogP contribution in [0.25, 0.3) is 0 Å². The van der Waals surface area contributed by atoms with Gasteiger partial charge < -0.3 is 5.32 Å². The average Bonchev–Trinajstić information content (AvgIpc) is 2.57. The van der Waals surface area contributed by atoms with Crippen molar-refractivity contribution in [2.24, 2.45) is 5.41 Å². The summed E-state index contributed by atoms with van der Waals surface area (Å²) in [5.41, 5.74) is 1.92. The van der Waals surface area contributed by atoms with E-state index in [-0.39, 0.29) is 0 Å². The first-order valence-corrected chi connectivity index (χ1v) is 8.46. The fraction of sp³-hybridized carbons (Fsp3) is 0.500. The quantitative estimate of drug-likeness (QED) is 0.941. The number of aromatic nitrogens is 3. The zero-order valence-corrected chi connectivity index (χ0v) is 13.4. The highest BCUT2D eigenvalue weighted by Crippen LogP contribution is 2.49. The molecular weight excluding hydrogens is 286 g/mol. The Hall–Kier alpha value is -2.01. The summed E-state index contributed by atoms with van der Waals surface area (Å²) in [6, 6.07) is 6.64. The molecule has 2 aromatic rings. The highest BCUT2D eigenvalue weighted by atomic mass is 15.1. The molecule has 23 heavy (non-hydrogen) atoms. The van der Waals surface area contributed by atoms with Crippen LogP contribution in [0.1, 0.15) is 31.2 Å². The second kappa shape index (κ2) is 6.24. The standard InChI is InChI=1S/C18H23N5/c1-6-20-17(21-7-1)22-16-12-18(13-16)4-10-23(11-5-18)14-15-2-8-19-9-3-15/h1-3,6-9,16H,4-5,10-14H2,(H,20,21,22). The minimum absolute atomic E-state index is 0.546. The second-order valence-corrected chi connectivity index (χ2v) is 6.95. The Labute approximate surface area is 137 Å². The third-order valence-corrected chi connectivity index (χ3v) is 5.33. The third-order valence-electron chi connectivity index (χ3n) is 5.33. The number of nitrogens with zero attached hydrogens (tertiary/aromatic N) is 4. The van der Waals surface area contributed by atoms with Crippen LogP contribution in [0.3, 0.4) is 0 Å². The van der Waals surface area contributed by atoms with E-state index in [9.17, 15) is 0 Å². The first-order valence-electron chi connectivity index (χ1n) is 8.46. The van der Waals surface area contributed by atoms with Crippen molar-refractivity contribution in [1.82, 2.24) is 19.9 Å². The van der Waals surface area contributed by atoms with Gasteiger partial charge in [-0.15, -0.1) is 0 Å². The molecule has 1 aliphatic carbocycles. The molecule has 0 bridgehead atoms. The smallest absolute Gasteiger partial charge is 0.222 e. The largest absolute Gasteiger partial charge is 0.351 e. The number of piperidine rings is 1. The molecule has 5 heteroatoms. The van der Waals surface area contributed by atoms with E-state index in [0.29, 0.717) is 11.5 Å². The van der Waals surface area contributed by atoms with E-state index in [4.69, 9.17) is 0 Å². The van der Waals surface area contributed by atoms with Gasteiger partial charge in [-0.05, 0) is 68.0 Å². The van der Waals surface area contributed by atoms with Crippen molar-refractivity contribution in [2.45, 2.75) is 38.3 Å². The molecule has 0 aromatic carbocycles. The number of anilines is 1.